The fraction of sp³-hybridized carbons (Fsp3) is 0.133. The van der Waals surface area contributed by atoms with E-state index in [0.29, 0.717) is 11.3 Å². The first-order chi connectivity index (χ1) is 12.3. The molecule has 11 heteroatoms. The van der Waals surface area contributed by atoms with Crippen molar-refractivity contribution in [1.29, 1.82) is 0 Å². The first kappa shape index (κ1) is 17.0. The zero-order chi connectivity index (χ0) is 19.0. The van der Waals surface area contributed by atoms with Crippen molar-refractivity contribution < 1.29 is 20.2 Å². The summed E-state index contributed by atoms with van der Waals surface area (Å²) in [6.07, 6.45) is 0. The zero-order valence-electron chi connectivity index (χ0n) is 13.3. The smallest absolute Gasteiger partial charge is 0.393 e. The number of nitro groups is 1. The molecular weight excluding hydrogens is 346 g/mol. The number of nitro benzene ring substituents is 1. The lowest BCUT2D eigenvalue weighted by Crippen LogP contribution is -2.30. The monoisotopic (exact) mass is 359 g/mol. The predicted octanol–water partition coefficient (Wildman–Crippen LogP) is -0.619. The number of nitrogens with zero attached hydrogens (tertiary/aromatic N) is 1. The lowest BCUT2D eigenvalue weighted by molar-refractivity contribution is -0.462. The highest BCUT2D eigenvalue weighted by Crippen LogP contribution is 2.37. The second-order valence-corrected chi connectivity index (χ2v) is 5.57. The summed E-state index contributed by atoms with van der Waals surface area (Å²) >= 11 is 0. The SMILES string of the molecule is Cc1[nH][nH+]c(O)c1[C@@H](c1ccc([N+](=O)[O-])cc1)c1c([O-])[nH]c(=O)[nH]c1=O. The van der Waals surface area contributed by atoms with Crippen molar-refractivity contribution in [3.8, 4) is 11.8 Å². The van der Waals surface area contributed by atoms with E-state index in [0.717, 1.165) is 0 Å². The van der Waals surface area contributed by atoms with E-state index >= 15 is 0 Å². The summed E-state index contributed by atoms with van der Waals surface area (Å²) in [7, 11) is 0. The van der Waals surface area contributed by atoms with Crippen LogP contribution in [-0.4, -0.2) is 25.1 Å². The minimum atomic E-state index is -1.06. The molecule has 11 nitrogen and oxygen atoms in total. The van der Waals surface area contributed by atoms with Gasteiger partial charge in [0.05, 0.1) is 16.5 Å². The number of non-ortho nitro benzene ring substituents is 1. The third-order valence-electron chi connectivity index (χ3n) is 3.99. The molecule has 0 aliphatic heterocycles. The van der Waals surface area contributed by atoms with E-state index in [1.807, 2.05) is 9.97 Å². The Morgan fingerprint density at radius 3 is 2.31 bits per heavy atom. The maximum absolute atomic E-state index is 12.3. The van der Waals surface area contributed by atoms with E-state index in [2.05, 4.69) is 10.2 Å². The highest BCUT2D eigenvalue weighted by Gasteiger charge is 2.31. The fourth-order valence-corrected chi connectivity index (χ4v) is 2.82. The van der Waals surface area contributed by atoms with Crippen molar-refractivity contribution in [3.63, 3.8) is 0 Å². The summed E-state index contributed by atoms with van der Waals surface area (Å²) in [5, 5.41) is 38.4. The van der Waals surface area contributed by atoms with Crippen LogP contribution in [0.4, 0.5) is 5.69 Å². The number of hydrogen-bond acceptors (Lipinski definition) is 6. The van der Waals surface area contributed by atoms with Crippen LogP contribution in [0.15, 0.2) is 33.9 Å². The highest BCUT2D eigenvalue weighted by molar-refractivity contribution is 5.50. The van der Waals surface area contributed by atoms with Crippen molar-refractivity contribution in [1.82, 2.24) is 15.1 Å². The van der Waals surface area contributed by atoms with E-state index in [1.54, 1.807) is 6.92 Å². The summed E-state index contributed by atoms with van der Waals surface area (Å²) < 4.78 is 0. The Bertz CT molecular complexity index is 1080. The first-order valence-electron chi connectivity index (χ1n) is 7.36. The molecule has 0 bridgehead atoms. The Balaban J connectivity index is 2.30. The van der Waals surface area contributed by atoms with Crippen LogP contribution in [0.2, 0.25) is 0 Å². The second kappa shape index (κ2) is 6.20. The summed E-state index contributed by atoms with van der Waals surface area (Å²) in [5.41, 5.74) is -1.38. The molecule has 0 saturated carbocycles. The van der Waals surface area contributed by atoms with E-state index in [1.165, 1.54) is 24.3 Å². The van der Waals surface area contributed by atoms with Crippen molar-refractivity contribution in [2.75, 3.05) is 0 Å². The van der Waals surface area contributed by atoms with Crippen LogP contribution in [0.25, 0.3) is 0 Å². The molecule has 3 aromatic rings. The topological polar surface area (TPSA) is 182 Å². The van der Waals surface area contributed by atoms with Gasteiger partial charge in [0, 0.05) is 17.7 Å². The molecule has 2 aromatic heterocycles. The number of aromatic nitrogens is 4. The number of nitrogens with one attached hydrogen (secondary N) is 4. The third kappa shape index (κ3) is 2.81. The Morgan fingerprint density at radius 1 is 1.15 bits per heavy atom. The Morgan fingerprint density at radius 2 is 1.81 bits per heavy atom. The van der Waals surface area contributed by atoms with Crippen LogP contribution in [-0.2, 0) is 0 Å². The fourth-order valence-electron chi connectivity index (χ4n) is 2.82. The van der Waals surface area contributed by atoms with Crippen LogP contribution in [0.3, 0.4) is 0 Å². The van der Waals surface area contributed by atoms with Crippen LogP contribution < -0.4 is 21.5 Å². The summed E-state index contributed by atoms with van der Waals surface area (Å²) in [6.45, 7) is 1.61. The molecule has 2 heterocycles. The van der Waals surface area contributed by atoms with E-state index in [9.17, 15) is 29.9 Å². The van der Waals surface area contributed by atoms with Gasteiger partial charge in [-0.1, -0.05) is 17.2 Å². The molecule has 1 aromatic carbocycles. The van der Waals surface area contributed by atoms with Gasteiger partial charge in [0.2, 0.25) is 0 Å². The molecule has 0 unspecified atom stereocenters. The van der Waals surface area contributed by atoms with Gasteiger partial charge in [0.1, 0.15) is 5.56 Å². The van der Waals surface area contributed by atoms with Gasteiger partial charge in [-0.05, 0) is 18.4 Å². The molecule has 26 heavy (non-hydrogen) atoms. The van der Waals surface area contributed by atoms with Gasteiger partial charge in [0.15, 0.2) is 0 Å². The number of benzene rings is 1. The quantitative estimate of drug-likeness (QED) is 0.355. The van der Waals surface area contributed by atoms with Crippen molar-refractivity contribution in [2.24, 2.45) is 0 Å². The number of aromatic amines is 4. The Labute approximate surface area is 144 Å². The molecule has 134 valence electrons. The number of hydrogen-bond donors (Lipinski definition) is 4. The molecule has 0 spiro atoms. The Kier molecular flexibility index (Phi) is 4.04. The van der Waals surface area contributed by atoms with Gasteiger partial charge in [-0.2, -0.15) is 5.10 Å². The van der Waals surface area contributed by atoms with E-state index in [-0.39, 0.29) is 22.7 Å². The average Bonchev–Trinajstić information content (AvgIpc) is 2.90. The van der Waals surface area contributed by atoms with Crippen LogP contribution in [0, 0.1) is 17.0 Å². The Hall–Kier alpha value is -3.89. The molecule has 0 aliphatic carbocycles. The molecule has 0 saturated heterocycles. The van der Waals surface area contributed by atoms with Crippen molar-refractivity contribution in [3.05, 3.63) is 77.6 Å². The standard InChI is InChI=1S/C15H13N5O6/c1-6-9(14(23)19-18-6)10(7-2-4-8(5-3-7)20(25)26)11-12(21)16-15(24)17-13(11)22/h2-5,10H,1H3,(H2,18,19,23)(H3,16,17,21,22,24)/t10-/m1/s1. The summed E-state index contributed by atoms with van der Waals surface area (Å²) in [5.74, 6) is -2.29. The van der Waals surface area contributed by atoms with Gasteiger partial charge in [0.25, 0.3) is 11.2 Å². The molecular formula is C15H13N5O6. The summed E-state index contributed by atoms with van der Waals surface area (Å²) in [6, 6.07) is 5.18. The lowest BCUT2D eigenvalue weighted by atomic mass is 9.86. The van der Waals surface area contributed by atoms with Crippen LogP contribution >= 0.6 is 0 Å². The van der Waals surface area contributed by atoms with Crippen molar-refractivity contribution in [2.45, 2.75) is 12.8 Å². The maximum Gasteiger partial charge on any atom is 0.393 e. The normalized spacial score (nSPS) is 12.0. The molecule has 0 fully saturated rings. The molecule has 0 aliphatic rings. The lowest BCUT2D eigenvalue weighted by Gasteiger charge is -2.20. The summed E-state index contributed by atoms with van der Waals surface area (Å²) in [4.78, 5) is 37.8. The number of H-pyrrole nitrogens is 4. The number of rotatable bonds is 4. The highest BCUT2D eigenvalue weighted by atomic mass is 16.6. The van der Waals surface area contributed by atoms with Crippen LogP contribution in [0.5, 0.6) is 11.8 Å². The minimum absolute atomic E-state index is 0.174. The predicted molar refractivity (Wildman–Crippen MR) is 84.9 cm³/mol. The average molecular weight is 359 g/mol. The zero-order valence-corrected chi connectivity index (χ0v) is 13.3. The van der Waals surface area contributed by atoms with Gasteiger partial charge in [-0.15, -0.1) is 0 Å². The first-order valence-corrected chi connectivity index (χ1v) is 7.36. The minimum Gasteiger partial charge on any atom is -0.860 e. The van der Waals surface area contributed by atoms with E-state index < -0.39 is 28.0 Å². The largest absolute Gasteiger partial charge is 0.860 e. The maximum atomic E-state index is 12.3. The molecule has 0 amide bonds. The van der Waals surface area contributed by atoms with Crippen molar-refractivity contribution >= 4 is 5.69 Å². The van der Waals surface area contributed by atoms with E-state index in [4.69, 9.17) is 0 Å². The van der Waals surface area contributed by atoms with Gasteiger partial charge in [-0.25, -0.2) is 4.79 Å². The van der Waals surface area contributed by atoms with Gasteiger partial charge >= 0.3 is 11.6 Å². The van der Waals surface area contributed by atoms with Gasteiger partial charge in [-0.3, -0.25) is 19.9 Å². The second-order valence-electron chi connectivity index (χ2n) is 5.57. The molecule has 1 atom stereocenters. The molecule has 0 radical (unpaired) electrons. The number of aryl methyl sites for hydroxylation is 1. The molecule has 5 N–H and O–H groups in total. The molecule has 3 rings (SSSR count). The van der Waals surface area contributed by atoms with Crippen LogP contribution in [0.1, 0.15) is 28.3 Å². The van der Waals surface area contributed by atoms with Gasteiger partial charge < -0.3 is 15.2 Å². The number of aromatic hydroxyl groups is 1. The third-order valence-corrected chi connectivity index (χ3v) is 3.99.